The van der Waals surface area contributed by atoms with Crippen molar-refractivity contribution in [2.75, 3.05) is 19.8 Å². The lowest BCUT2D eigenvalue weighted by Gasteiger charge is -2.46. The largest absolute Gasteiger partial charge is 0.457 e. The van der Waals surface area contributed by atoms with E-state index in [1.54, 1.807) is 0 Å². The van der Waals surface area contributed by atoms with Crippen molar-refractivity contribution >= 4 is 23.9 Å². The average molecular weight is 679 g/mol. The molecule has 0 spiro atoms. The van der Waals surface area contributed by atoms with Gasteiger partial charge in [-0.25, -0.2) is 0 Å². The Balaban J connectivity index is 2.54. The van der Waals surface area contributed by atoms with Crippen LogP contribution in [0, 0.1) is 0 Å². The highest BCUT2D eigenvalue weighted by molar-refractivity contribution is 5.71. The monoisotopic (exact) mass is 678 g/mol. The molecule has 0 radical (unpaired) electrons. The SMILES string of the molecule is CCCCCC(=O)O[C@@H]1[C@@H](OC(=O)CCCCC)[C@@H](O[C@]2(CO)O[C@H](CO)[C@@H](OC(C)=O)[C@@H]2O)O[C@H](CO)[C@H]1OC(=O)CCCCC. The maximum absolute atomic E-state index is 13.1. The lowest BCUT2D eigenvalue weighted by Crippen LogP contribution is -2.65. The van der Waals surface area contributed by atoms with Crippen molar-refractivity contribution in [3.8, 4) is 0 Å². The Kier molecular flexibility index (Phi) is 18.1. The maximum Gasteiger partial charge on any atom is 0.306 e. The van der Waals surface area contributed by atoms with Crippen LogP contribution >= 0.6 is 0 Å². The number of hydrogen-bond acceptors (Lipinski definition) is 15. The van der Waals surface area contributed by atoms with Crippen LogP contribution < -0.4 is 0 Å². The molecule has 4 N–H and O–H groups in total. The second-order valence-corrected chi connectivity index (χ2v) is 11.9. The van der Waals surface area contributed by atoms with Gasteiger partial charge in [0.1, 0.15) is 24.9 Å². The molecule has 0 aromatic rings. The molecule has 0 aromatic carbocycles. The highest BCUT2D eigenvalue weighted by Crippen LogP contribution is 2.39. The summed E-state index contributed by atoms with van der Waals surface area (Å²) in [6.07, 6.45) is -6.23. The number of carbonyl (C=O) groups excluding carboxylic acids is 4. The van der Waals surface area contributed by atoms with E-state index in [2.05, 4.69) is 0 Å². The number of rotatable bonds is 21. The van der Waals surface area contributed by atoms with Crippen molar-refractivity contribution in [2.24, 2.45) is 0 Å². The molecule has 0 unspecified atom stereocenters. The number of hydrogen-bond donors (Lipinski definition) is 4. The molecule has 0 amide bonds. The van der Waals surface area contributed by atoms with Gasteiger partial charge >= 0.3 is 23.9 Å². The van der Waals surface area contributed by atoms with Crippen LogP contribution in [0.2, 0.25) is 0 Å². The lowest BCUT2D eigenvalue weighted by molar-refractivity contribution is -0.384. The summed E-state index contributed by atoms with van der Waals surface area (Å²) >= 11 is 0. The van der Waals surface area contributed by atoms with Crippen LogP contribution in [0.3, 0.4) is 0 Å². The predicted octanol–water partition coefficient (Wildman–Crippen LogP) is 1.57. The molecule has 2 aliphatic rings. The Hall–Kier alpha value is -2.40. The second kappa shape index (κ2) is 20.9. The van der Waals surface area contributed by atoms with Crippen LogP contribution in [0.1, 0.15) is 105 Å². The van der Waals surface area contributed by atoms with Gasteiger partial charge in [-0.3, -0.25) is 19.2 Å². The molecule has 9 atom stereocenters. The van der Waals surface area contributed by atoms with Crippen molar-refractivity contribution in [2.45, 2.75) is 160 Å². The molecule has 2 fully saturated rings. The van der Waals surface area contributed by atoms with Crippen molar-refractivity contribution in [1.29, 1.82) is 0 Å². The van der Waals surface area contributed by atoms with E-state index in [0.717, 1.165) is 45.4 Å². The predicted molar refractivity (Wildman–Crippen MR) is 162 cm³/mol. The van der Waals surface area contributed by atoms with Crippen LogP contribution in [0.5, 0.6) is 0 Å². The van der Waals surface area contributed by atoms with E-state index in [9.17, 15) is 39.6 Å². The summed E-state index contributed by atoms with van der Waals surface area (Å²) in [4.78, 5) is 50.8. The first-order valence-corrected chi connectivity index (χ1v) is 16.8. The summed E-state index contributed by atoms with van der Waals surface area (Å²) in [5, 5.41) is 41.8. The fraction of sp³-hybridized carbons (Fsp3) is 0.875. The molecule has 0 aromatic heterocycles. The summed E-state index contributed by atoms with van der Waals surface area (Å²) < 4.78 is 40.1. The molecular formula is C32H54O15. The van der Waals surface area contributed by atoms with E-state index in [0.29, 0.717) is 19.3 Å². The van der Waals surface area contributed by atoms with Gasteiger partial charge in [-0.15, -0.1) is 0 Å². The number of ether oxygens (including phenoxy) is 7. The molecule has 0 aliphatic carbocycles. The topological polar surface area (TPSA) is 214 Å². The molecule has 272 valence electrons. The third-order valence-electron chi connectivity index (χ3n) is 8.02. The summed E-state index contributed by atoms with van der Waals surface area (Å²) in [6.45, 7) is 4.40. The minimum Gasteiger partial charge on any atom is -0.457 e. The van der Waals surface area contributed by atoms with Gasteiger partial charge in [-0.2, -0.15) is 0 Å². The second-order valence-electron chi connectivity index (χ2n) is 11.9. The summed E-state index contributed by atoms with van der Waals surface area (Å²) in [7, 11) is 0. The Labute approximate surface area is 276 Å². The Morgan fingerprint density at radius 1 is 0.638 bits per heavy atom. The van der Waals surface area contributed by atoms with Crippen LogP contribution in [0.15, 0.2) is 0 Å². The number of carbonyl (C=O) groups is 4. The van der Waals surface area contributed by atoms with E-state index in [1.165, 1.54) is 0 Å². The van der Waals surface area contributed by atoms with Crippen molar-refractivity contribution in [3.05, 3.63) is 0 Å². The number of esters is 4. The Morgan fingerprint density at radius 3 is 1.53 bits per heavy atom. The number of unbranched alkanes of at least 4 members (excludes halogenated alkanes) is 6. The quantitative estimate of drug-likeness (QED) is 0.0770. The van der Waals surface area contributed by atoms with E-state index in [4.69, 9.17) is 33.2 Å². The van der Waals surface area contributed by atoms with Gasteiger partial charge in [0.05, 0.1) is 13.2 Å². The van der Waals surface area contributed by atoms with Gasteiger partial charge in [-0.05, 0) is 19.3 Å². The highest BCUT2D eigenvalue weighted by atomic mass is 16.8. The molecule has 0 saturated carbocycles. The summed E-state index contributed by atoms with van der Waals surface area (Å²) in [5.41, 5.74) is 0. The van der Waals surface area contributed by atoms with E-state index in [-0.39, 0.29) is 19.3 Å². The van der Waals surface area contributed by atoms with Crippen LogP contribution in [0.25, 0.3) is 0 Å². The summed E-state index contributed by atoms with van der Waals surface area (Å²) in [6, 6.07) is 0. The van der Waals surface area contributed by atoms with Crippen molar-refractivity contribution in [1.82, 2.24) is 0 Å². The standard InChI is InChI=1S/C32H54O15/c1-5-8-11-14-23(37)43-26-21(17-33)42-31(47-32(19-35)30(40)27(41-20(4)36)22(18-34)46-32)29(45-25(39)16-13-10-7-3)28(26)44-24(38)15-12-9-6-2/h21-22,26-31,33-35,40H,5-19H2,1-4H3/t21-,22-,26-,27-,28+,29-,30+,31-,32+/m1/s1. The molecule has 2 rings (SSSR count). The van der Waals surface area contributed by atoms with Gasteiger partial charge in [0, 0.05) is 26.2 Å². The fourth-order valence-electron chi connectivity index (χ4n) is 5.49. The molecule has 0 bridgehead atoms. The third kappa shape index (κ3) is 11.9. The normalized spacial score (nSPS) is 30.5. The van der Waals surface area contributed by atoms with E-state index >= 15 is 0 Å². The van der Waals surface area contributed by atoms with Crippen LogP contribution in [0.4, 0.5) is 0 Å². The van der Waals surface area contributed by atoms with Crippen LogP contribution in [-0.4, -0.2) is 119 Å². The minimum atomic E-state index is -2.40. The maximum atomic E-state index is 13.1. The van der Waals surface area contributed by atoms with Gasteiger partial charge in [0.15, 0.2) is 24.4 Å². The first-order chi connectivity index (χ1) is 22.5. The average Bonchev–Trinajstić information content (AvgIpc) is 3.29. The molecule has 2 saturated heterocycles. The summed E-state index contributed by atoms with van der Waals surface area (Å²) in [5.74, 6) is -5.27. The van der Waals surface area contributed by atoms with Gasteiger partial charge in [0.25, 0.3) is 0 Å². The lowest BCUT2D eigenvalue weighted by atomic mass is 9.97. The molecular weight excluding hydrogens is 624 g/mol. The fourth-order valence-corrected chi connectivity index (χ4v) is 5.49. The first kappa shape index (κ1) is 40.8. The minimum absolute atomic E-state index is 0.000503. The van der Waals surface area contributed by atoms with E-state index < -0.39 is 98.5 Å². The molecule has 15 nitrogen and oxygen atoms in total. The van der Waals surface area contributed by atoms with Crippen molar-refractivity contribution < 1.29 is 72.8 Å². The third-order valence-corrected chi connectivity index (χ3v) is 8.02. The highest BCUT2D eigenvalue weighted by Gasteiger charge is 2.61. The van der Waals surface area contributed by atoms with E-state index in [1.807, 2.05) is 20.8 Å². The molecule has 2 aliphatic heterocycles. The van der Waals surface area contributed by atoms with Gasteiger partial charge in [0.2, 0.25) is 12.1 Å². The number of aliphatic hydroxyl groups excluding tert-OH is 4. The van der Waals surface area contributed by atoms with Gasteiger partial charge < -0.3 is 53.6 Å². The van der Waals surface area contributed by atoms with Gasteiger partial charge in [-0.1, -0.05) is 59.3 Å². The Morgan fingerprint density at radius 2 is 1.11 bits per heavy atom. The molecule has 2 heterocycles. The molecule has 47 heavy (non-hydrogen) atoms. The zero-order valence-corrected chi connectivity index (χ0v) is 28.0. The van der Waals surface area contributed by atoms with Crippen molar-refractivity contribution in [3.63, 3.8) is 0 Å². The zero-order valence-electron chi connectivity index (χ0n) is 28.0. The zero-order chi connectivity index (χ0) is 35.0. The smallest absolute Gasteiger partial charge is 0.306 e. The van der Waals surface area contributed by atoms with Crippen LogP contribution in [-0.2, 0) is 52.3 Å². The Bertz CT molecular complexity index is 976. The first-order valence-electron chi connectivity index (χ1n) is 16.8. The number of aliphatic hydroxyl groups is 4. The molecule has 15 heteroatoms.